The Kier molecular flexibility index (Phi) is 15.1. The molecule has 6 nitrogen and oxygen atoms in total. The lowest BCUT2D eigenvalue weighted by Crippen LogP contribution is -2.25. The molecule has 0 radical (unpaired) electrons. The number of hydrogen-bond acceptors (Lipinski definition) is 8. The van der Waals surface area contributed by atoms with Crippen molar-refractivity contribution in [1.82, 2.24) is 4.90 Å². The monoisotopic (exact) mass is 353 g/mol. The van der Waals surface area contributed by atoms with Crippen molar-refractivity contribution in [3.8, 4) is 0 Å². The lowest BCUT2D eigenvalue weighted by molar-refractivity contribution is -0.144. The molecule has 0 aliphatic heterocycles. The predicted molar refractivity (Wildman–Crippen MR) is 90.9 cm³/mol. The van der Waals surface area contributed by atoms with E-state index in [1.807, 2.05) is 18.9 Å². The van der Waals surface area contributed by atoms with Gasteiger partial charge < -0.3 is 19.5 Å². The maximum Gasteiger partial charge on any atom is 0.307 e. The summed E-state index contributed by atoms with van der Waals surface area (Å²) < 4.78 is 10.1. The summed E-state index contributed by atoms with van der Waals surface area (Å²) in [6.45, 7) is 3.99. The van der Waals surface area contributed by atoms with Gasteiger partial charge in [0.25, 0.3) is 0 Å². The molecule has 0 bridgehead atoms. The first-order valence-corrected chi connectivity index (χ1v) is 9.94. The molecule has 0 heterocycles. The number of ether oxygens (including phenoxy) is 2. The summed E-state index contributed by atoms with van der Waals surface area (Å²) in [5.41, 5.74) is 0. The standard InChI is InChI=1S/C14H27NO5S2/c1-3-4-13(17)19-9-11-21-22-12-10-20-14(18)5-6-15(2)7-8-16/h16H,3-12H2,1-2H3. The van der Waals surface area contributed by atoms with E-state index in [0.29, 0.717) is 44.9 Å². The zero-order valence-corrected chi connectivity index (χ0v) is 15.0. The van der Waals surface area contributed by atoms with E-state index in [2.05, 4.69) is 0 Å². The van der Waals surface area contributed by atoms with Gasteiger partial charge in [-0.3, -0.25) is 9.59 Å². The first kappa shape index (κ1) is 21.6. The fraction of sp³-hybridized carbons (Fsp3) is 0.857. The quantitative estimate of drug-likeness (QED) is 0.286. The fourth-order valence-electron chi connectivity index (χ4n) is 1.41. The molecule has 0 spiro atoms. The van der Waals surface area contributed by atoms with Gasteiger partial charge in [-0.1, -0.05) is 28.5 Å². The van der Waals surface area contributed by atoms with Crippen molar-refractivity contribution in [2.75, 3.05) is 51.5 Å². The highest BCUT2D eigenvalue weighted by atomic mass is 33.1. The molecule has 130 valence electrons. The van der Waals surface area contributed by atoms with Crippen molar-refractivity contribution >= 4 is 33.5 Å². The van der Waals surface area contributed by atoms with Crippen LogP contribution in [0.5, 0.6) is 0 Å². The van der Waals surface area contributed by atoms with Crippen LogP contribution in [0.2, 0.25) is 0 Å². The van der Waals surface area contributed by atoms with Gasteiger partial charge in [0.05, 0.1) is 13.0 Å². The highest BCUT2D eigenvalue weighted by Crippen LogP contribution is 2.20. The molecule has 0 saturated carbocycles. The molecule has 0 unspecified atom stereocenters. The van der Waals surface area contributed by atoms with E-state index in [0.717, 1.165) is 12.2 Å². The lowest BCUT2D eigenvalue weighted by atomic mass is 10.3. The van der Waals surface area contributed by atoms with Gasteiger partial charge in [-0.05, 0) is 13.5 Å². The van der Waals surface area contributed by atoms with Crippen LogP contribution < -0.4 is 0 Å². The highest BCUT2D eigenvalue weighted by Gasteiger charge is 2.05. The molecule has 0 aromatic carbocycles. The smallest absolute Gasteiger partial charge is 0.307 e. The van der Waals surface area contributed by atoms with Crippen LogP contribution >= 0.6 is 21.6 Å². The van der Waals surface area contributed by atoms with E-state index in [9.17, 15) is 9.59 Å². The van der Waals surface area contributed by atoms with Crippen LogP contribution in [0.3, 0.4) is 0 Å². The molecule has 0 atom stereocenters. The van der Waals surface area contributed by atoms with E-state index >= 15 is 0 Å². The van der Waals surface area contributed by atoms with E-state index < -0.39 is 0 Å². The molecule has 22 heavy (non-hydrogen) atoms. The summed E-state index contributed by atoms with van der Waals surface area (Å²) in [6, 6.07) is 0. The minimum absolute atomic E-state index is 0.0904. The van der Waals surface area contributed by atoms with Gasteiger partial charge in [0.1, 0.15) is 13.2 Å². The Morgan fingerprint density at radius 2 is 1.55 bits per heavy atom. The second-order valence-electron chi connectivity index (χ2n) is 4.61. The summed E-state index contributed by atoms with van der Waals surface area (Å²) in [4.78, 5) is 24.4. The predicted octanol–water partition coefficient (Wildman–Crippen LogP) is 1.57. The number of aliphatic hydroxyl groups excluding tert-OH is 1. The zero-order valence-electron chi connectivity index (χ0n) is 13.4. The zero-order chi connectivity index (χ0) is 16.6. The molecule has 1 N–H and O–H groups in total. The molecule has 0 fully saturated rings. The molecule has 0 amide bonds. The van der Waals surface area contributed by atoms with Crippen LogP contribution in [0.25, 0.3) is 0 Å². The van der Waals surface area contributed by atoms with Crippen LogP contribution in [0.1, 0.15) is 26.2 Å². The third kappa shape index (κ3) is 14.5. The van der Waals surface area contributed by atoms with Crippen LogP contribution in [0, 0.1) is 0 Å². The number of aliphatic hydroxyl groups is 1. The van der Waals surface area contributed by atoms with E-state index in [4.69, 9.17) is 14.6 Å². The second kappa shape index (κ2) is 15.5. The number of carbonyl (C=O) groups excluding carboxylic acids is 2. The Hall–Kier alpha value is -0.440. The van der Waals surface area contributed by atoms with E-state index in [1.165, 1.54) is 0 Å². The van der Waals surface area contributed by atoms with Crippen molar-refractivity contribution in [2.24, 2.45) is 0 Å². The third-order valence-corrected chi connectivity index (χ3v) is 4.91. The maximum atomic E-state index is 11.4. The SMILES string of the molecule is CCCC(=O)OCCSSCCOC(=O)CCN(C)CCO. The van der Waals surface area contributed by atoms with Crippen molar-refractivity contribution in [3.05, 3.63) is 0 Å². The maximum absolute atomic E-state index is 11.4. The number of likely N-dealkylation sites (N-methyl/N-ethyl adjacent to an activating group) is 1. The average Bonchev–Trinajstić information content (AvgIpc) is 2.48. The average molecular weight is 354 g/mol. The minimum Gasteiger partial charge on any atom is -0.465 e. The van der Waals surface area contributed by atoms with Crippen molar-refractivity contribution in [3.63, 3.8) is 0 Å². The van der Waals surface area contributed by atoms with Gasteiger partial charge in [0.2, 0.25) is 0 Å². The van der Waals surface area contributed by atoms with Crippen molar-refractivity contribution < 1.29 is 24.2 Å². The number of esters is 2. The lowest BCUT2D eigenvalue weighted by Gasteiger charge is -2.13. The van der Waals surface area contributed by atoms with Gasteiger partial charge in [0, 0.05) is 31.0 Å². The second-order valence-corrected chi connectivity index (χ2v) is 7.31. The molecule has 0 saturated heterocycles. The van der Waals surface area contributed by atoms with Crippen molar-refractivity contribution in [2.45, 2.75) is 26.2 Å². The number of hydrogen-bond donors (Lipinski definition) is 1. The fourth-order valence-corrected chi connectivity index (χ4v) is 3.06. The Morgan fingerprint density at radius 3 is 2.05 bits per heavy atom. The van der Waals surface area contributed by atoms with Crippen LogP contribution in [-0.2, 0) is 19.1 Å². The molecule has 8 heteroatoms. The van der Waals surface area contributed by atoms with Crippen LogP contribution in [-0.4, -0.2) is 73.4 Å². The van der Waals surface area contributed by atoms with Gasteiger partial charge in [-0.2, -0.15) is 0 Å². The number of carbonyl (C=O) groups is 2. The highest BCUT2D eigenvalue weighted by molar-refractivity contribution is 8.76. The summed E-state index contributed by atoms with van der Waals surface area (Å²) in [5, 5.41) is 8.73. The molecular weight excluding hydrogens is 326 g/mol. The summed E-state index contributed by atoms with van der Waals surface area (Å²) >= 11 is 0. The van der Waals surface area contributed by atoms with E-state index in [-0.39, 0.29) is 18.5 Å². The molecular formula is C14H27NO5S2. The van der Waals surface area contributed by atoms with Crippen LogP contribution in [0.15, 0.2) is 0 Å². The summed E-state index contributed by atoms with van der Waals surface area (Å²) in [6.07, 6.45) is 1.62. The third-order valence-electron chi connectivity index (χ3n) is 2.58. The molecule has 0 aliphatic rings. The number of nitrogens with zero attached hydrogens (tertiary/aromatic N) is 1. The summed E-state index contributed by atoms with van der Waals surface area (Å²) in [7, 11) is 5.05. The van der Waals surface area contributed by atoms with Gasteiger partial charge in [-0.25, -0.2) is 0 Å². The van der Waals surface area contributed by atoms with Crippen molar-refractivity contribution in [1.29, 1.82) is 0 Å². The first-order valence-electron chi connectivity index (χ1n) is 7.45. The molecule has 0 aliphatic carbocycles. The minimum atomic E-state index is -0.219. The topological polar surface area (TPSA) is 76.1 Å². The summed E-state index contributed by atoms with van der Waals surface area (Å²) in [5.74, 6) is 1.09. The van der Waals surface area contributed by atoms with E-state index in [1.54, 1.807) is 21.6 Å². The Balaban J connectivity index is 3.31. The Morgan fingerprint density at radius 1 is 1.00 bits per heavy atom. The van der Waals surface area contributed by atoms with Gasteiger partial charge in [-0.15, -0.1) is 0 Å². The molecule has 0 rings (SSSR count). The van der Waals surface area contributed by atoms with Gasteiger partial charge in [0.15, 0.2) is 0 Å². The molecule has 0 aromatic rings. The number of rotatable bonds is 14. The largest absolute Gasteiger partial charge is 0.465 e. The molecule has 0 aromatic heterocycles. The van der Waals surface area contributed by atoms with Gasteiger partial charge >= 0.3 is 11.9 Å². The first-order chi connectivity index (χ1) is 10.6. The normalized spacial score (nSPS) is 10.7. The Labute approximate surface area is 140 Å². The van der Waals surface area contributed by atoms with Crippen LogP contribution in [0.4, 0.5) is 0 Å². The Bertz CT molecular complexity index is 305.